The summed E-state index contributed by atoms with van der Waals surface area (Å²) in [7, 11) is 0. The molecule has 3 N–H and O–H groups in total. The van der Waals surface area contributed by atoms with Crippen molar-refractivity contribution in [1.29, 1.82) is 0 Å². The minimum atomic E-state index is -1.06. The highest BCUT2D eigenvalue weighted by molar-refractivity contribution is 6.01. The van der Waals surface area contributed by atoms with Crippen molar-refractivity contribution in [2.75, 3.05) is 5.32 Å². The Morgan fingerprint density at radius 2 is 2.17 bits per heavy atom. The van der Waals surface area contributed by atoms with Crippen molar-refractivity contribution < 1.29 is 19.5 Å². The molecule has 0 aromatic heterocycles. The fourth-order valence-corrected chi connectivity index (χ4v) is 1.90. The van der Waals surface area contributed by atoms with Gasteiger partial charge < -0.3 is 15.7 Å². The zero-order valence-corrected chi connectivity index (χ0v) is 9.69. The average molecular weight is 248 g/mol. The Morgan fingerprint density at radius 3 is 2.78 bits per heavy atom. The second-order valence-corrected chi connectivity index (χ2v) is 4.12. The number of nitrogens with one attached hydrogen (secondary N) is 2. The molecule has 0 aliphatic carbocycles. The van der Waals surface area contributed by atoms with E-state index in [1.807, 2.05) is 0 Å². The van der Waals surface area contributed by atoms with Crippen molar-refractivity contribution >= 4 is 23.5 Å². The molecule has 1 aliphatic rings. The van der Waals surface area contributed by atoms with Gasteiger partial charge in [0.05, 0.1) is 0 Å². The molecule has 1 aromatic rings. The number of hydrogen-bond acceptors (Lipinski definition) is 3. The van der Waals surface area contributed by atoms with Crippen LogP contribution >= 0.6 is 0 Å². The van der Waals surface area contributed by atoms with Crippen LogP contribution in [0.3, 0.4) is 0 Å². The van der Waals surface area contributed by atoms with Gasteiger partial charge in [0.1, 0.15) is 6.04 Å². The molecule has 0 radical (unpaired) electrons. The van der Waals surface area contributed by atoms with E-state index in [2.05, 4.69) is 10.6 Å². The number of carbonyl (C=O) groups excluding carboxylic acids is 2. The van der Waals surface area contributed by atoms with Gasteiger partial charge in [-0.1, -0.05) is 6.07 Å². The predicted molar refractivity (Wildman–Crippen MR) is 63.3 cm³/mol. The summed E-state index contributed by atoms with van der Waals surface area (Å²) in [6.45, 7) is 1.37. The highest BCUT2D eigenvalue weighted by Gasteiger charge is 2.28. The normalized spacial score (nSPS) is 17.6. The molecule has 1 heterocycles. The van der Waals surface area contributed by atoms with Gasteiger partial charge in [-0.2, -0.15) is 0 Å². The standard InChI is InChI=1S/C12H12N2O4/c1-6(15)13-8-3-2-7-4-10(12(17)18)14-11(16)9(7)5-8/h2-3,5,10H,4H2,1H3,(H,13,15)(H,14,16)(H,17,18). The number of anilines is 1. The van der Waals surface area contributed by atoms with Gasteiger partial charge in [0.15, 0.2) is 0 Å². The van der Waals surface area contributed by atoms with Crippen LogP contribution in [0.5, 0.6) is 0 Å². The first-order valence-corrected chi connectivity index (χ1v) is 5.41. The minimum absolute atomic E-state index is 0.227. The van der Waals surface area contributed by atoms with E-state index in [1.165, 1.54) is 6.92 Å². The van der Waals surface area contributed by atoms with Gasteiger partial charge in [0, 0.05) is 24.6 Å². The van der Waals surface area contributed by atoms with Gasteiger partial charge in [-0.3, -0.25) is 9.59 Å². The fourth-order valence-electron chi connectivity index (χ4n) is 1.90. The van der Waals surface area contributed by atoms with Crippen LogP contribution in [0.15, 0.2) is 18.2 Å². The zero-order valence-electron chi connectivity index (χ0n) is 9.69. The van der Waals surface area contributed by atoms with E-state index >= 15 is 0 Å². The summed E-state index contributed by atoms with van der Waals surface area (Å²) in [4.78, 5) is 33.5. The maximum atomic E-state index is 11.8. The van der Waals surface area contributed by atoms with Crippen LogP contribution in [0.4, 0.5) is 5.69 Å². The summed E-state index contributed by atoms with van der Waals surface area (Å²) < 4.78 is 0. The topological polar surface area (TPSA) is 95.5 Å². The summed E-state index contributed by atoms with van der Waals surface area (Å²) >= 11 is 0. The van der Waals surface area contributed by atoms with Crippen LogP contribution in [-0.2, 0) is 16.0 Å². The van der Waals surface area contributed by atoms with Crippen LogP contribution in [-0.4, -0.2) is 28.9 Å². The fraction of sp³-hybridized carbons (Fsp3) is 0.250. The third-order valence-corrected chi connectivity index (χ3v) is 2.70. The van der Waals surface area contributed by atoms with Crippen molar-refractivity contribution in [3.05, 3.63) is 29.3 Å². The van der Waals surface area contributed by atoms with Crippen molar-refractivity contribution in [1.82, 2.24) is 5.32 Å². The maximum Gasteiger partial charge on any atom is 0.326 e. The molecule has 1 unspecified atom stereocenters. The number of aliphatic carboxylic acids is 1. The largest absolute Gasteiger partial charge is 0.480 e. The van der Waals surface area contributed by atoms with E-state index in [1.54, 1.807) is 18.2 Å². The molecule has 6 nitrogen and oxygen atoms in total. The molecular formula is C12H12N2O4. The van der Waals surface area contributed by atoms with Crippen LogP contribution in [0.25, 0.3) is 0 Å². The van der Waals surface area contributed by atoms with Crippen molar-refractivity contribution in [2.45, 2.75) is 19.4 Å². The quantitative estimate of drug-likeness (QED) is 0.705. The lowest BCUT2D eigenvalue weighted by atomic mass is 9.95. The van der Waals surface area contributed by atoms with E-state index < -0.39 is 17.9 Å². The second-order valence-electron chi connectivity index (χ2n) is 4.12. The van der Waals surface area contributed by atoms with Crippen molar-refractivity contribution in [3.8, 4) is 0 Å². The van der Waals surface area contributed by atoms with E-state index in [0.29, 0.717) is 16.8 Å². The van der Waals surface area contributed by atoms with E-state index in [-0.39, 0.29) is 12.3 Å². The zero-order chi connectivity index (χ0) is 13.3. The van der Waals surface area contributed by atoms with Gasteiger partial charge in [0.25, 0.3) is 5.91 Å². The first kappa shape index (κ1) is 12.1. The Balaban J connectivity index is 2.32. The summed E-state index contributed by atoms with van der Waals surface area (Å²) in [6.07, 6.45) is 0.247. The lowest BCUT2D eigenvalue weighted by Gasteiger charge is -2.23. The second kappa shape index (κ2) is 4.48. The van der Waals surface area contributed by atoms with Crippen LogP contribution in [0.1, 0.15) is 22.8 Å². The summed E-state index contributed by atoms with van der Waals surface area (Å²) in [6, 6.07) is 3.97. The van der Waals surface area contributed by atoms with Gasteiger partial charge in [-0.25, -0.2) is 4.79 Å². The first-order chi connectivity index (χ1) is 8.47. The molecule has 1 atom stereocenters. The molecule has 1 aliphatic heterocycles. The summed E-state index contributed by atoms with van der Waals surface area (Å²) in [5.41, 5.74) is 1.59. The number of carboxylic acids is 1. The first-order valence-electron chi connectivity index (χ1n) is 5.41. The third-order valence-electron chi connectivity index (χ3n) is 2.70. The molecule has 94 valence electrons. The highest BCUT2D eigenvalue weighted by atomic mass is 16.4. The Hall–Kier alpha value is -2.37. The summed E-state index contributed by atoms with van der Waals surface area (Å²) in [5.74, 6) is -1.72. The highest BCUT2D eigenvalue weighted by Crippen LogP contribution is 2.21. The molecule has 0 spiro atoms. The molecule has 6 heteroatoms. The maximum absolute atomic E-state index is 11.8. The van der Waals surface area contributed by atoms with Crippen molar-refractivity contribution in [3.63, 3.8) is 0 Å². The van der Waals surface area contributed by atoms with Gasteiger partial charge in [-0.15, -0.1) is 0 Å². The van der Waals surface area contributed by atoms with Crippen LogP contribution in [0, 0.1) is 0 Å². The number of rotatable bonds is 2. The van der Waals surface area contributed by atoms with Gasteiger partial charge >= 0.3 is 5.97 Å². The van der Waals surface area contributed by atoms with Gasteiger partial charge in [0.2, 0.25) is 5.91 Å². The average Bonchev–Trinajstić information content (AvgIpc) is 2.28. The molecule has 2 amide bonds. The Kier molecular flexibility index (Phi) is 3.01. The number of benzene rings is 1. The van der Waals surface area contributed by atoms with E-state index in [9.17, 15) is 14.4 Å². The number of carbonyl (C=O) groups is 3. The molecule has 0 saturated carbocycles. The lowest BCUT2D eigenvalue weighted by molar-refractivity contribution is -0.139. The third kappa shape index (κ3) is 2.32. The van der Waals surface area contributed by atoms with E-state index in [4.69, 9.17) is 5.11 Å². The molecule has 2 rings (SSSR count). The molecular weight excluding hydrogens is 236 g/mol. The van der Waals surface area contributed by atoms with Crippen LogP contribution < -0.4 is 10.6 Å². The molecule has 0 fully saturated rings. The number of carboxylic acid groups (broad SMARTS) is 1. The SMILES string of the molecule is CC(=O)Nc1ccc2c(c1)C(=O)NC(C(=O)O)C2. The smallest absolute Gasteiger partial charge is 0.326 e. The molecule has 1 aromatic carbocycles. The Labute approximate surface area is 103 Å². The lowest BCUT2D eigenvalue weighted by Crippen LogP contribution is -2.46. The van der Waals surface area contributed by atoms with Crippen molar-refractivity contribution in [2.24, 2.45) is 0 Å². The monoisotopic (exact) mass is 248 g/mol. The molecule has 0 saturated heterocycles. The molecule has 18 heavy (non-hydrogen) atoms. The summed E-state index contributed by atoms with van der Waals surface area (Å²) in [5, 5.41) is 13.9. The number of amides is 2. The number of fused-ring (bicyclic) bond motifs is 1. The van der Waals surface area contributed by atoms with E-state index in [0.717, 1.165) is 0 Å². The van der Waals surface area contributed by atoms with Gasteiger partial charge in [-0.05, 0) is 17.7 Å². The molecule has 0 bridgehead atoms. The Morgan fingerprint density at radius 1 is 1.44 bits per heavy atom. The minimum Gasteiger partial charge on any atom is -0.480 e. The number of hydrogen-bond donors (Lipinski definition) is 3. The van der Waals surface area contributed by atoms with Crippen LogP contribution in [0.2, 0.25) is 0 Å². The Bertz CT molecular complexity index is 539. The predicted octanol–water partition coefficient (Wildman–Crippen LogP) is 0.384.